The molecular formula is C14H19N3OS. The van der Waals surface area contributed by atoms with Gasteiger partial charge in [0.1, 0.15) is 0 Å². The lowest BCUT2D eigenvalue weighted by Crippen LogP contribution is -2.36. The lowest BCUT2D eigenvalue weighted by molar-refractivity contribution is 0.0724. The molecule has 0 fully saturated rings. The van der Waals surface area contributed by atoms with Crippen LogP contribution in [0, 0.1) is 0 Å². The van der Waals surface area contributed by atoms with Gasteiger partial charge in [0.15, 0.2) is 5.13 Å². The van der Waals surface area contributed by atoms with Crippen LogP contribution in [0.15, 0.2) is 18.2 Å². The van der Waals surface area contributed by atoms with Crippen LogP contribution in [0.3, 0.4) is 0 Å². The number of carbonyl (C=O) groups is 1. The van der Waals surface area contributed by atoms with Crippen molar-refractivity contribution in [3.05, 3.63) is 23.8 Å². The van der Waals surface area contributed by atoms with Gasteiger partial charge in [0.05, 0.1) is 10.2 Å². The van der Waals surface area contributed by atoms with Crippen LogP contribution in [0.4, 0.5) is 5.13 Å². The minimum atomic E-state index is 0.0579. The van der Waals surface area contributed by atoms with Crippen molar-refractivity contribution >= 4 is 32.6 Å². The molecule has 0 aliphatic rings. The van der Waals surface area contributed by atoms with Crippen molar-refractivity contribution in [3.63, 3.8) is 0 Å². The summed E-state index contributed by atoms with van der Waals surface area (Å²) in [7, 11) is 1.87. The van der Waals surface area contributed by atoms with E-state index in [1.807, 2.05) is 30.1 Å². The van der Waals surface area contributed by atoms with E-state index in [0.717, 1.165) is 23.1 Å². The molecule has 2 aromatic rings. The van der Waals surface area contributed by atoms with Gasteiger partial charge in [-0.1, -0.05) is 25.2 Å². The number of hydrogen-bond donors (Lipinski definition) is 1. The van der Waals surface area contributed by atoms with Gasteiger partial charge in [0.2, 0.25) is 0 Å². The predicted molar refractivity (Wildman–Crippen MR) is 80.5 cm³/mol. The summed E-state index contributed by atoms with van der Waals surface area (Å²) in [6, 6.07) is 5.85. The highest BCUT2D eigenvalue weighted by Gasteiger charge is 2.18. The molecule has 0 radical (unpaired) electrons. The fourth-order valence-corrected chi connectivity index (χ4v) is 3.05. The Bertz CT molecular complexity index is 589. The van der Waals surface area contributed by atoms with E-state index in [4.69, 9.17) is 5.73 Å². The summed E-state index contributed by atoms with van der Waals surface area (Å²) < 4.78 is 0.960. The van der Waals surface area contributed by atoms with Crippen LogP contribution in [0.5, 0.6) is 0 Å². The number of aromatic nitrogens is 1. The fourth-order valence-electron chi connectivity index (χ4n) is 2.28. The third kappa shape index (κ3) is 2.71. The monoisotopic (exact) mass is 277 g/mol. The lowest BCUT2D eigenvalue weighted by atomic mass is 10.1. The van der Waals surface area contributed by atoms with Crippen molar-refractivity contribution in [1.82, 2.24) is 9.88 Å². The molecule has 102 valence electrons. The first-order valence-corrected chi connectivity index (χ1v) is 7.31. The Balaban J connectivity index is 2.30. The van der Waals surface area contributed by atoms with E-state index in [0.29, 0.717) is 10.7 Å². The highest BCUT2D eigenvalue weighted by molar-refractivity contribution is 7.22. The van der Waals surface area contributed by atoms with Crippen LogP contribution in [-0.4, -0.2) is 28.9 Å². The molecule has 2 N–H and O–H groups in total. The number of nitrogens with zero attached hydrogens (tertiary/aromatic N) is 2. The summed E-state index contributed by atoms with van der Waals surface area (Å²) in [4.78, 5) is 18.5. The Morgan fingerprint density at radius 3 is 2.74 bits per heavy atom. The third-order valence-electron chi connectivity index (χ3n) is 3.46. The number of rotatable bonds is 4. The maximum Gasteiger partial charge on any atom is 0.253 e. The molecule has 0 spiro atoms. The summed E-state index contributed by atoms with van der Waals surface area (Å²) in [6.07, 6.45) is 1.93. The molecule has 0 saturated carbocycles. The lowest BCUT2D eigenvalue weighted by Gasteiger charge is -2.26. The van der Waals surface area contributed by atoms with Gasteiger partial charge >= 0.3 is 0 Å². The molecular weight excluding hydrogens is 258 g/mol. The Hall–Kier alpha value is -1.62. The molecule has 5 heteroatoms. The third-order valence-corrected chi connectivity index (χ3v) is 4.31. The van der Waals surface area contributed by atoms with Gasteiger partial charge in [0.25, 0.3) is 5.91 Å². The maximum atomic E-state index is 12.4. The molecule has 0 unspecified atom stereocenters. The Morgan fingerprint density at radius 2 is 2.11 bits per heavy atom. The average molecular weight is 277 g/mol. The van der Waals surface area contributed by atoms with E-state index in [9.17, 15) is 4.79 Å². The van der Waals surface area contributed by atoms with Gasteiger partial charge in [-0.05, 0) is 31.0 Å². The first-order valence-electron chi connectivity index (χ1n) is 6.50. The van der Waals surface area contributed by atoms with Gasteiger partial charge in [0, 0.05) is 18.7 Å². The molecule has 1 heterocycles. The molecule has 2 rings (SSSR count). The van der Waals surface area contributed by atoms with Crippen LogP contribution < -0.4 is 5.73 Å². The smallest absolute Gasteiger partial charge is 0.253 e. The van der Waals surface area contributed by atoms with Crippen molar-refractivity contribution in [3.8, 4) is 0 Å². The number of hydrogen-bond acceptors (Lipinski definition) is 4. The van der Waals surface area contributed by atoms with Crippen LogP contribution in [0.25, 0.3) is 10.2 Å². The summed E-state index contributed by atoms with van der Waals surface area (Å²) in [5, 5.41) is 0.535. The van der Waals surface area contributed by atoms with E-state index in [1.54, 1.807) is 0 Å². The van der Waals surface area contributed by atoms with Gasteiger partial charge in [-0.25, -0.2) is 4.98 Å². The van der Waals surface area contributed by atoms with Gasteiger partial charge < -0.3 is 10.6 Å². The van der Waals surface area contributed by atoms with Crippen molar-refractivity contribution in [2.24, 2.45) is 0 Å². The normalized spacial score (nSPS) is 11.2. The highest BCUT2D eigenvalue weighted by Crippen LogP contribution is 2.25. The Morgan fingerprint density at radius 1 is 1.42 bits per heavy atom. The summed E-state index contributed by atoms with van der Waals surface area (Å²) in [5.41, 5.74) is 7.23. The number of nitrogens with two attached hydrogens (primary N) is 1. The first kappa shape index (κ1) is 13.8. The van der Waals surface area contributed by atoms with E-state index >= 15 is 0 Å². The Labute approximate surface area is 117 Å². The second-order valence-electron chi connectivity index (χ2n) is 4.62. The number of benzene rings is 1. The number of fused-ring (bicyclic) bond motifs is 1. The standard InChI is InChI=1S/C14H19N3OS/c1-4-10(5-2)17(3)13(18)9-6-7-11-12(8-9)19-14(15)16-11/h6-8,10H,4-5H2,1-3H3,(H2,15,16). The second-order valence-corrected chi connectivity index (χ2v) is 5.68. The SMILES string of the molecule is CCC(CC)N(C)C(=O)c1ccc2nc(N)sc2c1. The average Bonchev–Trinajstić information content (AvgIpc) is 2.78. The van der Waals surface area contributed by atoms with Crippen LogP contribution in [0.2, 0.25) is 0 Å². The number of thiazole rings is 1. The zero-order chi connectivity index (χ0) is 14.0. The first-order chi connectivity index (χ1) is 9.06. The molecule has 0 atom stereocenters. The summed E-state index contributed by atoms with van der Waals surface area (Å²) in [5.74, 6) is 0.0579. The maximum absolute atomic E-state index is 12.4. The summed E-state index contributed by atoms with van der Waals surface area (Å²) >= 11 is 1.41. The molecule has 1 amide bonds. The van der Waals surface area contributed by atoms with E-state index in [-0.39, 0.29) is 11.9 Å². The highest BCUT2D eigenvalue weighted by atomic mass is 32.1. The molecule has 0 saturated heterocycles. The minimum Gasteiger partial charge on any atom is -0.375 e. The largest absolute Gasteiger partial charge is 0.375 e. The van der Waals surface area contributed by atoms with Gasteiger partial charge in [-0.15, -0.1) is 0 Å². The van der Waals surface area contributed by atoms with Crippen molar-refractivity contribution in [2.75, 3.05) is 12.8 Å². The molecule has 0 bridgehead atoms. The predicted octanol–water partition coefficient (Wildman–Crippen LogP) is 3.14. The van der Waals surface area contributed by atoms with Gasteiger partial charge in [-0.3, -0.25) is 4.79 Å². The van der Waals surface area contributed by atoms with Crippen LogP contribution in [0.1, 0.15) is 37.0 Å². The van der Waals surface area contributed by atoms with E-state index in [1.165, 1.54) is 11.3 Å². The molecule has 4 nitrogen and oxygen atoms in total. The summed E-state index contributed by atoms with van der Waals surface area (Å²) in [6.45, 7) is 4.20. The van der Waals surface area contributed by atoms with Gasteiger partial charge in [-0.2, -0.15) is 0 Å². The fraction of sp³-hybridized carbons (Fsp3) is 0.429. The molecule has 1 aromatic carbocycles. The molecule has 0 aliphatic heterocycles. The topological polar surface area (TPSA) is 59.2 Å². The number of nitrogen functional groups attached to an aromatic ring is 1. The van der Waals surface area contributed by atoms with Crippen molar-refractivity contribution in [1.29, 1.82) is 0 Å². The quantitative estimate of drug-likeness (QED) is 0.934. The minimum absolute atomic E-state index is 0.0579. The number of amides is 1. The zero-order valence-corrected chi connectivity index (χ0v) is 12.3. The van der Waals surface area contributed by atoms with Crippen molar-refractivity contribution < 1.29 is 4.79 Å². The van der Waals surface area contributed by atoms with E-state index in [2.05, 4.69) is 18.8 Å². The van der Waals surface area contributed by atoms with Crippen LogP contribution >= 0.6 is 11.3 Å². The zero-order valence-electron chi connectivity index (χ0n) is 11.5. The second kappa shape index (κ2) is 5.57. The van der Waals surface area contributed by atoms with Crippen molar-refractivity contribution in [2.45, 2.75) is 32.7 Å². The number of carbonyl (C=O) groups excluding carboxylic acids is 1. The van der Waals surface area contributed by atoms with Crippen LogP contribution in [-0.2, 0) is 0 Å². The number of anilines is 1. The molecule has 1 aromatic heterocycles. The van der Waals surface area contributed by atoms with E-state index < -0.39 is 0 Å². The molecule has 0 aliphatic carbocycles. The molecule has 19 heavy (non-hydrogen) atoms. The Kier molecular flexibility index (Phi) is 4.04.